The minimum absolute atomic E-state index is 0.326. The third kappa shape index (κ3) is 3.39. The van der Waals surface area contributed by atoms with Crippen molar-refractivity contribution in [2.75, 3.05) is 7.05 Å². The van der Waals surface area contributed by atoms with Crippen LogP contribution in [0.1, 0.15) is 36.0 Å². The third-order valence-corrected chi connectivity index (χ3v) is 6.29. The molecule has 8 heteroatoms. The molecule has 0 saturated carbocycles. The molecule has 1 aliphatic rings. The Balaban J connectivity index is 1.92. The summed E-state index contributed by atoms with van der Waals surface area (Å²) in [5, 5.41) is 6.23. The Morgan fingerprint density at radius 2 is 2.00 bits per heavy atom. The Bertz CT molecular complexity index is 803. The largest absolute Gasteiger partial charge is 0.341 e. The summed E-state index contributed by atoms with van der Waals surface area (Å²) in [6.07, 6.45) is 4.56. The van der Waals surface area contributed by atoms with Gasteiger partial charge in [0.05, 0.1) is 5.25 Å². The maximum atomic E-state index is 12.1. The van der Waals surface area contributed by atoms with Gasteiger partial charge in [0.2, 0.25) is 5.91 Å². The van der Waals surface area contributed by atoms with Crippen LogP contribution in [0.3, 0.4) is 0 Å². The quantitative estimate of drug-likeness (QED) is 0.646. The molecule has 2 aromatic heterocycles. The van der Waals surface area contributed by atoms with Crippen molar-refractivity contribution < 1.29 is 9.59 Å². The number of thiophene rings is 1. The second-order valence-electron chi connectivity index (χ2n) is 5.80. The molecule has 24 heavy (non-hydrogen) atoms. The van der Waals surface area contributed by atoms with Crippen LogP contribution < -0.4 is 10.6 Å². The fourth-order valence-electron chi connectivity index (χ4n) is 2.81. The third-order valence-electron chi connectivity index (χ3n) is 4.01. The van der Waals surface area contributed by atoms with E-state index in [1.165, 1.54) is 42.1 Å². The summed E-state index contributed by atoms with van der Waals surface area (Å²) in [4.78, 5) is 35.0. The molecule has 1 aliphatic carbocycles. The number of aryl methyl sites for hydroxylation is 3. The minimum atomic E-state index is -0.496. The first-order chi connectivity index (χ1) is 11.5. The van der Waals surface area contributed by atoms with Crippen LogP contribution in [-0.4, -0.2) is 34.2 Å². The highest BCUT2D eigenvalue weighted by Gasteiger charge is 2.24. The number of nitrogens with zero attached hydrogens (tertiary/aromatic N) is 2. The van der Waals surface area contributed by atoms with Gasteiger partial charge in [-0.25, -0.2) is 14.8 Å². The lowest BCUT2D eigenvalue weighted by Crippen LogP contribution is -2.41. The van der Waals surface area contributed by atoms with Crippen LogP contribution in [0.15, 0.2) is 5.03 Å². The van der Waals surface area contributed by atoms with Gasteiger partial charge in [-0.05, 0) is 45.1 Å². The molecule has 0 aromatic carbocycles. The van der Waals surface area contributed by atoms with E-state index in [2.05, 4.69) is 20.6 Å². The number of amides is 3. The molecular formula is C16H20N4O2S2. The van der Waals surface area contributed by atoms with Crippen molar-refractivity contribution in [2.45, 2.75) is 49.8 Å². The fourth-order valence-corrected chi connectivity index (χ4v) is 5.20. The number of carbonyl (C=O) groups excluding carboxylic acids is 2. The number of thioether (sulfide) groups is 1. The number of urea groups is 1. The van der Waals surface area contributed by atoms with Gasteiger partial charge in [-0.15, -0.1) is 11.3 Å². The second kappa shape index (κ2) is 7.06. The first-order valence-electron chi connectivity index (χ1n) is 7.97. The first-order valence-corrected chi connectivity index (χ1v) is 9.67. The molecule has 0 spiro atoms. The molecule has 3 amide bonds. The monoisotopic (exact) mass is 364 g/mol. The minimum Gasteiger partial charge on any atom is -0.341 e. The van der Waals surface area contributed by atoms with Gasteiger partial charge >= 0.3 is 6.03 Å². The van der Waals surface area contributed by atoms with Crippen molar-refractivity contribution in [3.63, 3.8) is 0 Å². The Morgan fingerprint density at radius 1 is 1.25 bits per heavy atom. The van der Waals surface area contributed by atoms with Crippen molar-refractivity contribution >= 4 is 45.3 Å². The predicted octanol–water partition coefficient (Wildman–Crippen LogP) is 2.81. The normalized spacial score (nSPS) is 15.0. The lowest BCUT2D eigenvalue weighted by molar-refractivity contribution is -0.119. The number of hydrogen-bond acceptors (Lipinski definition) is 6. The lowest BCUT2D eigenvalue weighted by Gasteiger charge is -2.14. The van der Waals surface area contributed by atoms with Crippen LogP contribution in [0.4, 0.5) is 4.79 Å². The number of rotatable bonds is 3. The zero-order chi connectivity index (χ0) is 17.3. The SMILES string of the molecule is CNC(=O)NC(=O)[C@@H](C)Sc1nc(C)nc2sc3c(c12)CCCC3. The Labute approximate surface area is 148 Å². The van der Waals surface area contributed by atoms with Crippen LogP contribution in [-0.2, 0) is 17.6 Å². The molecule has 0 fully saturated rings. The number of fused-ring (bicyclic) bond motifs is 3. The maximum Gasteiger partial charge on any atom is 0.321 e. The summed E-state index contributed by atoms with van der Waals surface area (Å²) in [6.45, 7) is 3.66. The van der Waals surface area contributed by atoms with Gasteiger partial charge in [-0.1, -0.05) is 11.8 Å². The van der Waals surface area contributed by atoms with E-state index in [1.807, 2.05) is 6.92 Å². The molecule has 0 unspecified atom stereocenters. The predicted molar refractivity (Wildman–Crippen MR) is 96.7 cm³/mol. The second-order valence-corrected chi connectivity index (χ2v) is 8.21. The topological polar surface area (TPSA) is 84.0 Å². The zero-order valence-corrected chi connectivity index (χ0v) is 15.6. The molecule has 0 bridgehead atoms. The molecule has 0 aliphatic heterocycles. The summed E-state index contributed by atoms with van der Waals surface area (Å²) in [6, 6.07) is -0.496. The molecule has 3 rings (SSSR count). The maximum absolute atomic E-state index is 12.1. The number of nitrogens with one attached hydrogen (secondary N) is 2. The number of carbonyl (C=O) groups is 2. The Hall–Kier alpha value is -1.67. The van der Waals surface area contributed by atoms with Crippen LogP contribution in [0.5, 0.6) is 0 Å². The molecule has 2 N–H and O–H groups in total. The van der Waals surface area contributed by atoms with E-state index < -0.39 is 11.3 Å². The van der Waals surface area contributed by atoms with E-state index in [4.69, 9.17) is 0 Å². The molecule has 1 atom stereocenters. The lowest BCUT2D eigenvalue weighted by atomic mass is 9.97. The van der Waals surface area contributed by atoms with Gasteiger partial charge in [-0.3, -0.25) is 10.1 Å². The molecule has 2 heterocycles. The standard InChI is InChI=1S/C16H20N4O2S2/c1-8(13(21)20-16(22)17-3)23-14-12-10-6-4-5-7-11(10)24-15(12)19-9(2)18-14/h8H,4-7H2,1-3H3,(H2,17,20,21,22)/t8-/m1/s1. The van der Waals surface area contributed by atoms with E-state index in [9.17, 15) is 9.59 Å². The average Bonchev–Trinajstić information content (AvgIpc) is 2.92. The average molecular weight is 364 g/mol. The summed E-state index contributed by atoms with van der Waals surface area (Å²) in [5.74, 6) is 0.385. The van der Waals surface area contributed by atoms with E-state index in [-0.39, 0.29) is 5.91 Å². The van der Waals surface area contributed by atoms with Gasteiger partial charge in [0, 0.05) is 17.3 Å². The Morgan fingerprint density at radius 3 is 2.75 bits per heavy atom. The molecule has 0 saturated heterocycles. The van der Waals surface area contributed by atoms with Crippen LogP contribution in [0.25, 0.3) is 10.2 Å². The van der Waals surface area contributed by atoms with Gasteiger partial charge in [0.15, 0.2) is 0 Å². The van der Waals surface area contributed by atoms with Crippen molar-refractivity contribution in [3.8, 4) is 0 Å². The highest BCUT2D eigenvalue weighted by molar-refractivity contribution is 8.00. The van der Waals surface area contributed by atoms with E-state index in [1.54, 1.807) is 18.3 Å². The summed E-state index contributed by atoms with van der Waals surface area (Å²) in [5.41, 5.74) is 1.35. The van der Waals surface area contributed by atoms with Gasteiger partial charge in [0.1, 0.15) is 15.7 Å². The molecule has 2 aromatic rings. The van der Waals surface area contributed by atoms with Crippen molar-refractivity contribution in [3.05, 3.63) is 16.3 Å². The van der Waals surface area contributed by atoms with Crippen LogP contribution >= 0.6 is 23.1 Å². The van der Waals surface area contributed by atoms with Gasteiger partial charge in [0.25, 0.3) is 0 Å². The smallest absolute Gasteiger partial charge is 0.321 e. The number of aromatic nitrogens is 2. The van der Waals surface area contributed by atoms with Crippen molar-refractivity contribution in [1.29, 1.82) is 0 Å². The molecular weight excluding hydrogens is 344 g/mol. The highest BCUT2D eigenvalue weighted by atomic mass is 32.2. The summed E-state index contributed by atoms with van der Waals surface area (Å²) >= 11 is 3.14. The van der Waals surface area contributed by atoms with E-state index >= 15 is 0 Å². The molecule has 0 radical (unpaired) electrons. The van der Waals surface area contributed by atoms with Gasteiger partial charge in [-0.2, -0.15) is 0 Å². The highest BCUT2D eigenvalue weighted by Crippen LogP contribution is 2.40. The van der Waals surface area contributed by atoms with E-state index in [0.29, 0.717) is 5.82 Å². The number of hydrogen-bond donors (Lipinski definition) is 2. The summed E-state index contributed by atoms with van der Waals surface area (Å²) < 4.78 is 0. The van der Waals surface area contributed by atoms with Crippen LogP contribution in [0.2, 0.25) is 0 Å². The molecule has 128 valence electrons. The Kier molecular flexibility index (Phi) is 5.05. The van der Waals surface area contributed by atoms with Gasteiger partial charge < -0.3 is 5.32 Å². The van der Waals surface area contributed by atoms with Crippen LogP contribution in [0, 0.1) is 6.92 Å². The molecule has 6 nitrogen and oxygen atoms in total. The van der Waals surface area contributed by atoms with Crippen molar-refractivity contribution in [2.24, 2.45) is 0 Å². The summed E-state index contributed by atoms with van der Waals surface area (Å²) in [7, 11) is 1.48. The first kappa shape index (κ1) is 17.2. The number of imide groups is 1. The fraction of sp³-hybridized carbons (Fsp3) is 0.500. The zero-order valence-electron chi connectivity index (χ0n) is 13.9. The van der Waals surface area contributed by atoms with E-state index in [0.717, 1.165) is 28.1 Å². The van der Waals surface area contributed by atoms with Crippen molar-refractivity contribution in [1.82, 2.24) is 20.6 Å².